The maximum atomic E-state index is 12.4. The zero-order valence-electron chi connectivity index (χ0n) is 15.3. The van der Waals surface area contributed by atoms with Gasteiger partial charge in [-0.2, -0.15) is 0 Å². The lowest BCUT2D eigenvalue weighted by Gasteiger charge is -2.25. The number of aliphatic hydroxyl groups is 1. The number of hydrogen-bond donors (Lipinski definition) is 3. The highest BCUT2D eigenvalue weighted by Gasteiger charge is 2.30. The van der Waals surface area contributed by atoms with Crippen molar-refractivity contribution in [2.24, 2.45) is 5.73 Å². The van der Waals surface area contributed by atoms with Crippen molar-refractivity contribution in [3.63, 3.8) is 0 Å². The van der Waals surface area contributed by atoms with Crippen LogP contribution in [0, 0.1) is 0 Å². The quantitative estimate of drug-likeness (QED) is 0.691. The molecule has 0 aliphatic rings. The molecule has 5 nitrogen and oxygen atoms in total. The van der Waals surface area contributed by atoms with Gasteiger partial charge in [0.15, 0.2) is 0 Å². The second-order valence-corrected chi connectivity index (χ2v) is 6.53. The van der Waals surface area contributed by atoms with Gasteiger partial charge < -0.3 is 20.9 Å². The van der Waals surface area contributed by atoms with Gasteiger partial charge in [-0.15, -0.1) is 12.4 Å². The standard InChI is InChI=1S/C20H26N2O3.ClH/c1-14(2)25-17-11-7-8-15(12-17)18(23)13-22-19(24)20(3,21)16-9-5-4-6-10-16;/h4-12,14,18,23H,13,21H2,1-3H3,(H,22,24);1H. The molecule has 4 N–H and O–H groups in total. The molecule has 2 aromatic carbocycles. The average molecular weight is 379 g/mol. The Morgan fingerprint density at radius 3 is 2.46 bits per heavy atom. The van der Waals surface area contributed by atoms with Gasteiger partial charge in [-0.05, 0) is 44.0 Å². The van der Waals surface area contributed by atoms with Crippen LogP contribution in [0.3, 0.4) is 0 Å². The highest BCUT2D eigenvalue weighted by Crippen LogP contribution is 2.21. The van der Waals surface area contributed by atoms with Crippen LogP contribution >= 0.6 is 12.4 Å². The van der Waals surface area contributed by atoms with Gasteiger partial charge >= 0.3 is 0 Å². The van der Waals surface area contributed by atoms with E-state index in [1.165, 1.54) is 0 Å². The van der Waals surface area contributed by atoms with Crippen molar-refractivity contribution in [1.82, 2.24) is 5.32 Å². The Morgan fingerprint density at radius 2 is 1.85 bits per heavy atom. The van der Waals surface area contributed by atoms with E-state index in [0.29, 0.717) is 16.9 Å². The summed E-state index contributed by atoms with van der Waals surface area (Å²) >= 11 is 0. The molecule has 2 aromatic rings. The van der Waals surface area contributed by atoms with Gasteiger partial charge in [0.25, 0.3) is 0 Å². The minimum atomic E-state index is -1.16. The Morgan fingerprint density at radius 1 is 1.19 bits per heavy atom. The first-order valence-corrected chi connectivity index (χ1v) is 8.38. The fraction of sp³-hybridized carbons (Fsp3) is 0.350. The predicted molar refractivity (Wildman–Crippen MR) is 105 cm³/mol. The fourth-order valence-corrected chi connectivity index (χ4v) is 2.47. The normalized spacial score (nSPS) is 14.1. The third kappa shape index (κ3) is 5.73. The summed E-state index contributed by atoms with van der Waals surface area (Å²) in [7, 11) is 0. The van der Waals surface area contributed by atoms with Crippen LogP contribution < -0.4 is 15.8 Å². The lowest BCUT2D eigenvalue weighted by molar-refractivity contribution is -0.126. The first-order valence-electron chi connectivity index (χ1n) is 8.38. The Labute approximate surface area is 161 Å². The number of amides is 1. The predicted octanol–water partition coefficient (Wildman–Crippen LogP) is 2.92. The zero-order valence-corrected chi connectivity index (χ0v) is 16.1. The van der Waals surface area contributed by atoms with E-state index >= 15 is 0 Å². The molecule has 0 fully saturated rings. The van der Waals surface area contributed by atoms with Crippen LogP contribution in [0.15, 0.2) is 54.6 Å². The van der Waals surface area contributed by atoms with E-state index in [0.717, 1.165) is 0 Å². The van der Waals surface area contributed by atoms with Crippen LogP contribution in [-0.4, -0.2) is 23.7 Å². The van der Waals surface area contributed by atoms with Crippen molar-refractivity contribution in [3.8, 4) is 5.75 Å². The number of hydrogen-bond acceptors (Lipinski definition) is 4. The highest BCUT2D eigenvalue weighted by atomic mass is 35.5. The Balaban J connectivity index is 0.00000338. The monoisotopic (exact) mass is 378 g/mol. The Bertz CT molecular complexity index is 705. The molecule has 0 heterocycles. The SMILES string of the molecule is CC(C)Oc1cccc(C(O)CNC(=O)C(C)(N)c2ccccc2)c1.Cl. The van der Waals surface area contributed by atoms with E-state index in [4.69, 9.17) is 10.5 Å². The molecule has 142 valence electrons. The minimum Gasteiger partial charge on any atom is -0.491 e. The number of nitrogens with one attached hydrogen (secondary N) is 1. The number of rotatable bonds is 7. The average Bonchev–Trinajstić information content (AvgIpc) is 2.59. The first-order chi connectivity index (χ1) is 11.8. The van der Waals surface area contributed by atoms with E-state index in [2.05, 4.69) is 5.32 Å². The number of carbonyl (C=O) groups excluding carboxylic acids is 1. The highest BCUT2D eigenvalue weighted by molar-refractivity contribution is 5.87. The summed E-state index contributed by atoms with van der Waals surface area (Å²) in [4.78, 5) is 12.4. The second-order valence-electron chi connectivity index (χ2n) is 6.53. The van der Waals surface area contributed by atoms with E-state index in [1.54, 1.807) is 19.1 Å². The Hall–Kier alpha value is -2.08. The smallest absolute Gasteiger partial charge is 0.244 e. The molecule has 6 heteroatoms. The molecule has 0 saturated carbocycles. The van der Waals surface area contributed by atoms with Crippen molar-refractivity contribution < 1.29 is 14.6 Å². The number of benzene rings is 2. The van der Waals surface area contributed by atoms with Gasteiger partial charge in [-0.1, -0.05) is 42.5 Å². The molecule has 2 atom stereocenters. The lowest BCUT2D eigenvalue weighted by atomic mass is 9.92. The molecule has 2 rings (SSSR count). The summed E-state index contributed by atoms with van der Waals surface area (Å²) in [5.41, 5.74) is 6.40. The lowest BCUT2D eigenvalue weighted by Crippen LogP contribution is -2.49. The molecule has 0 saturated heterocycles. The maximum Gasteiger partial charge on any atom is 0.244 e. The van der Waals surface area contributed by atoms with E-state index in [1.807, 2.05) is 56.3 Å². The summed E-state index contributed by atoms with van der Waals surface area (Å²) in [5.74, 6) is 0.346. The van der Waals surface area contributed by atoms with Gasteiger partial charge in [-0.25, -0.2) is 0 Å². The third-order valence-corrected chi connectivity index (χ3v) is 3.92. The van der Waals surface area contributed by atoms with Crippen LogP contribution in [0.2, 0.25) is 0 Å². The summed E-state index contributed by atoms with van der Waals surface area (Å²) in [6.07, 6.45) is -0.790. The van der Waals surface area contributed by atoms with Gasteiger partial charge in [0.05, 0.1) is 12.2 Å². The molecule has 0 spiro atoms. The number of carbonyl (C=O) groups is 1. The summed E-state index contributed by atoms with van der Waals surface area (Å²) < 4.78 is 5.62. The van der Waals surface area contributed by atoms with Crippen molar-refractivity contribution in [2.45, 2.75) is 38.5 Å². The van der Waals surface area contributed by atoms with Crippen molar-refractivity contribution >= 4 is 18.3 Å². The molecule has 0 aliphatic heterocycles. The molecule has 0 aliphatic carbocycles. The molecular weight excluding hydrogens is 352 g/mol. The van der Waals surface area contributed by atoms with Crippen LogP contribution in [0.1, 0.15) is 38.0 Å². The van der Waals surface area contributed by atoms with E-state index in [-0.39, 0.29) is 31.0 Å². The van der Waals surface area contributed by atoms with Crippen molar-refractivity contribution in [3.05, 3.63) is 65.7 Å². The molecule has 26 heavy (non-hydrogen) atoms. The van der Waals surface area contributed by atoms with Crippen LogP contribution in [0.5, 0.6) is 5.75 Å². The first kappa shape index (κ1) is 22.0. The van der Waals surface area contributed by atoms with Gasteiger partial charge in [-0.3, -0.25) is 4.79 Å². The number of nitrogens with two attached hydrogens (primary N) is 1. The van der Waals surface area contributed by atoms with Crippen LogP contribution in [0.4, 0.5) is 0 Å². The largest absolute Gasteiger partial charge is 0.491 e. The van der Waals surface area contributed by atoms with Crippen LogP contribution in [-0.2, 0) is 10.3 Å². The number of halogens is 1. The Kier molecular flexibility index (Phi) is 8.08. The maximum absolute atomic E-state index is 12.4. The molecule has 2 unspecified atom stereocenters. The second kappa shape index (κ2) is 9.57. The van der Waals surface area contributed by atoms with Crippen molar-refractivity contribution in [1.29, 1.82) is 0 Å². The third-order valence-electron chi connectivity index (χ3n) is 3.92. The van der Waals surface area contributed by atoms with E-state index in [9.17, 15) is 9.90 Å². The topological polar surface area (TPSA) is 84.6 Å². The number of aliphatic hydroxyl groups excluding tert-OH is 1. The number of ether oxygens (including phenoxy) is 1. The minimum absolute atomic E-state index is 0. The van der Waals surface area contributed by atoms with Gasteiger partial charge in [0.2, 0.25) is 5.91 Å². The van der Waals surface area contributed by atoms with Gasteiger partial charge in [0, 0.05) is 6.54 Å². The fourth-order valence-electron chi connectivity index (χ4n) is 2.47. The molecule has 0 aromatic heterocycles. The van der Waals surface area contributed by atoms with E-state index < -0.39 is 11.6 Å². The van der Waals surface area contributed by atoms with Crippen molar-refractivity contribution in [2.75, 3.05) is 6.54 Å². The summed E-state index contributed by atoms with van der Waals surface area (Å²) in [6, 6.07) is 16.4. The molecule has 0 radical (unpaired) electrons. The van der Waals surface area contributed by atoms with Gasteiger partial charge in [0.1, 0.15) is 11.3 Å². The molecular formula is C20H27ClN2O3. The summed E-state index contributed by atoms with van der Waals surface area (Å²) in [5, 5.41) is 13.1. The van der Waals surface area contributed by atoms with Crippen LogP contribution in [0.25, 0.3) is 0 Å². The molecule has 1 amide bonds. The zero-order chi connectivity index (χ0) is 18.4. The molecule has 0 bridgehead atoms. The summed E-state index contributed by atoms with van der Waals surface area (Å²) in [6.45, 7) is 5.61.